The number of carbonyl (C=O) groups is 2. The number of fused-ring (bicyclic) bond motifs is 1. The van der Waals surface area contributed by atoms with E-state index in [1.54, 1.807) is 20.2 Å². The minimum absolute atomic E-state index is 0.188. The number of Topliss-reactive ketones (excluding diaryl/α,β-unsaturated/α-hetero) is 1. The molecule has 0 fully saturated rings. The molecule has 28 heavy (non-hydrogen) atoms. The van der Waals surface area contributed by atoms with Crippen LogP contribution >= 0.6 is 0 Å². The number of anilines is 1. The number of hydrogen-bond donors (Lipinski definition) is 2. The zero-order valence-corrected chi connectivity index (χ0v) is 15.2. The molecule has 0 spiro atoms. The zero-order chi connectivity index (χ0) is 20.4. The van der Waals surface area contributed by atoms with Crippen LogP contribution in [0.3, 0.4) is 0 Å². The van der Waals surface area contributed by atoms with Crippen molar-refractivity contribution in [1.82, 2.24) is 9.88 Å². The predicted molar refractivity (Wildman–Crippen MR) is 99.7 cm³/mol. The Balaban J connectivity index is 1.68. The van der Waals surface area contributed by atoms with E-state index in [0.29, 0.717) is 5.56 Å². The Morgan fingerprint density at radius 1 is 1.11 bits per heavy atom. The molecule has 0 saturated carbocycles. The Bertz CT molecular complexity index is 1050. The number of nitrogens with one attached hydrogen (secondary N) is 2. The first-order valence-corrected chi connectivity index (χ1v) is 8.53. The lowest BCUT2D eigenvalue weighted by Crippen LogP contribution is -2.41. The molecule has 0 bridgehead atoms. The van der Waals surface area contributed by atoms with Crippen molar-refractivity contribution in [2.24, 2.45) is 0 Å². The van der Waals surface area contributed by atoms with E-state index in [2.05, 4.69) is 10.3 Å². The van der Waals surface area contributed by atoms with Gasteiger partial charge < -0.3 is 10.3 Å². The zero-order valence-electron chi connectivity index (χ0n) is 15.2. The summed E-state index contributed by atoms with van der Waals surface area (Å²) in [6, 6.07) is 8.37. The number of benzene rings is 2. The number of aromatic amines is 1. The summed E-state index contributed by atoms with van der Waals surface area (Å²) in [5, 5.41) is 2.97. The lowest BCUT2D eigenvalue weighted by molar-refractivity contribution is -0.117. The van der Waals surface area contributed by atoms with Crippen LogP contribution in [-0.2, 0) is 4.79 Å². The van der Waals surface area contributed by atoms with Gasteiger partial charge in [0.05, 0.1) is 18.3 Å². The molecule has 2 N–H and O–H groups in total. The molecule has 1 amide bonds. The highest BCUT2D eigenvalue weighted by molar-refractivity contribution is 6.10. The summed E-state index contributed by atoms with van der Waals surface area (Å²) < 4.78 is 39.9. The maximum atomic E-state index is 13.7. The van der Waals surface area contributed by atoms with Crippen LogP contribution in [0.15, 0.2) is 42.6 Å². The third-order valence-electron chi connectivity index (χ3n) is 4.60. The van der Waals surface area contributed by atoms with Gasteiger partial charge in [-0.25, -0.2) is 13.2 Å². The van der Waals surface area contributed by atoms with Gasteiger partial charge in [-0.1, -0.05) is 18.2 Å². The summed E-state index contributed by atoms with van der Waals surface area (Å²) in [6.45, 7) is 1.41. The highest BCUT2D eigenvalue weighted by Gasteiger charge is 2.24. The molecule has 0 unspecified atom stereocenters. The second-order valence-electron chi connectivity index (χ2n) is 6.47. The van der Waals surface area contributed by atoms with Crippen molar-refractivity contribution < 1.29 is 22.8 Å². The second-order valence-corrected chi connectivity index (χ2v) is 6.47. The number of halogens is 3. The van der Waals surface area contributed by atoms with Gasteiger partial charge in [-0.15, -0.1) is 0 Å². The number of likely N-dealkylation sites (N-methyl/N-ethyl adjacent to an activating group) is 1. The van der Waals surface area contributed by atoms with Gasteiger partial charge in [-0.3, -0.25) is 14.5 Å². The van der Waals surface area contributed by atoms with E-state index in [9.17, 15) is 22.8 Å². The van der Waals surface area contributed by atoms with E-state index in [4.69, 9.17) is 0 Å². The number of hydrogen-bond acceptors (Lipinski definition) is 3. The standard InChI is InChI=1S/C20H18F3N3O2/c1-11(20(28)13-9-24-15-6-4-3-5-12(13)15)26(2)10-17(27)25-16-8-7-14(21)18(22)19(16)23/h3-9,11,24H,10H2,1-2H3,(H,25,27)/t11-/m0/s1. The number of H-pyrrole nitrogens is 1. The first-order valence-electron chi connectivity index (χ1n) is 8.53. The Morgan fingerprint density at radius 2 is 1.82 bits per heavy atom. The highest BCUT2D eigenvalue weighted by Crippen LogP contribution is 2.21. The van der Waals surface area contributed by atoms with Crippen molar-refractivity contribution >= 4 is 28.3 Å². The molecule has 0 aliphatic carbocycles. The number of rotatable bonds is 6. The second kappa shape index (κ2) is 7.85. The molecule has 5 nitrogen and oxygen atoms in total. The summed E-state index contributed by atoms with van der Waals surface area (Å²) in [7, 11) is 1.57. The van der Waals surface area contributed by atoms with Crippen LogP contribution in [0.25, 0.3) is 10.9 Å². The monoisotopic (exact) mass is 389 g/mol. The molecular formula is C20H18F3N3O2. The van der Waals surface area contributed by atoms with Crippen LogP contribution in [0.5, 0.6) is 0 Å². The summed E-state index contributed by atoms with van der Waals surface area (Å²) in [4.78, 5) is 29.4. The fraction of sp³-hybridized carbons (Fsp3) is 0.200. The summed E-state index contributed by atoms with van der Waals surface area (Å²) in [5.74, 6) is -5.32. The summed E-state index contributed by atoms with van der Waals surface area (Å²) in [6.07, 6.45) is 1.62. The molecule has 0 saturated heterocycles. The minimum Gasteiger partial charge on any atom is -0.360 e. The van der Waals surface area contributed by atoms with Crippen LogP contribution in [-0.4, -0.2) is 41.2 Å². The Labute approximate surface area is 159 Å². The van der Waals surface area contributed by atoms with Crippen molar-refractivity contribution in [3.63, 3.8) is 0 Å². The molecule has 1 aromatic heterocycles. The smallest absolute Gasteiger partial charge is 0.238 e. The molecule has 3 rings (SSSR count). The average Bonchev–Trinajstić information content (AvgIpc) is 3.11. The third kappa shape index (κ3) is 3.77. The molecule has 0 aliphatic rings. The first kappa shape index (κ1) is 19.6. The Hall–Kier alpha value is -3.13. The number of para-hydroxylation sites is 1. The molecule has 2 aromatic carbocycles. The minimum atomic E-state index is -1.66. The van der Waals surface area contributed by atoms with E-state index in [1.165, 1.54) is 4.90 Å². The molecule has 1 atom stereocenters. The molecule has 3 aromatic rings. The van der Waals surface area contributed by atoms with E-state index in [-0.39, 0.29) is 12.3 Å². The lowest BCUT2D eigenvalue weighted by atomic mass is 10.0. The van der Waals surface area contributed by atoms with Crippen molar-refractivity contribution in [3.05, 3.63) is 65.6 Å². The molecule has 0 radical (unpaired) electrons. The van der Waals surface area contributed by atoms with E-state index >= 15 is 0 Å². The van der Waals surface area contributed by atoms with Gasteiger partial charge >= 0.3 is 0 Å². The van der Waals surface area contributed by atoms with E-state index in [0.717, 1.165) is 23.0 Å². The number of ketones is 1. The highest BCUT2D eigenvalue weighted by atomic mass is 19.2. The van der Waals surface area contributed by atoms with Gasteiger partial charge in [0.25, 0.3) is 0 Å². The molecule has 146 valence electrons. The summed E-state index contributed by atoms with van der Waals surface area (Å²) >= 11 is 0. The third-order valence-corrected chi connectivity index (χ3v) is 4.60. The van der Waals surface area contributed by atoms with Crippen molar-refractivity contribution in [3.8, 4) is 0 Å². The van der Waals surface area contributed by atoms with E-state index in [1.807, 2.05) is 24.3 Å². The fourth-order valence-electron chi connectivity index (χ4n) is 2.88. The van der Waals surface area contributed by atoms with Crippen LogP contribution in [0.1, 0.15) is 17.3 Å². The lowest BCUT2D eigenvalue weighted by Gasteiger charge is -2.23. The van der Waals surface area contributed by atoms with Crippen molar-refractivity contribution in [2.75, 3.05) is 18.9 Å². The predicted octanol–water partition coefficient (Wildman–Crippen LogP) is 3.73. The topological polar surface area (TPSA) is 65.2 Å². The van der Waals surface area contributed by atoms with Crippen molar-refractivity contribution in [1.29, 1.82) is 0 Å². The van der Waals surface area contributed by atoms with Gasteiger partial charge in [0.2, 0.25) is 5.91 Å². The number of carbonyl (C=O) groups excluding carboxylic acids is 2. The van der Waals surface area contributed by atoms with Crippen molar-refractivity contribution in [2.45, 2.75) is 13.0 Å². The Kier molecular flexibility index (Phi) is 5.51. The number of aromatic nitrogens is 1. The van der Waals surface area contributed by atoms with E-state index < -0.39 is 35.1 Å². The molecule has 8 heteroatoms. The average molecular weight is 389 g/mol. The largest absolute Gasteiger partial charge is 0.360 e. The first-order chi connectivity index (χ1) is 13.3. The SMILES string of the molecule is C[C@@H](C(=O)c1c[nH]c2ccccc12)N(C)CC(=O)Nc1ccc(F)c(F)c1F. The van der Waals surface area contributed by atoms with Gasteiger partial charge in [0.1, 0.15) is 0 Å². The van der Waals surface area contributed by atoms with Crippen LogP contribution in [0.2, 0.25) is 0 Å². The van der Waals surface area contributed by atoms with Gasteiger partial charge in [0, 0.05) is 22.7 Å². The molecule has 0 aliphatic heterocycles. The maximum absolute atomic E-state index is 13.7. The van der Waals surface area contributed by atoms with Gasteiger partial charge in [0.15, 0.2) is 23.2 Å². The van der Waals surface area contributed by atoms with Gasteiger partial charge in [-0.2, -0.15) is 0 Å². The number of nitrogens with zero attached hydrogens (tertiary/aromatic N) is 1. The quantitative estimate of drug-likeness (QED) is 0.499. The normalized spacial score (nSPS) is 12.4. The van der Waals surface area contributed by atoms with Crippen LogP contribution in [0, 0.1) is 17.5 Å². The molecular weight excluding hydrogens is 371 g/mol. The van der Waals surface area contributed by atoms with Crippen LogP contribution in [0.4, 0.5) is 18.9 Å². The Morgan fingerprint density at radius 3 is 2.57 bits per heavy atom. The van der Waals surface area contributed by atoms with Gasteiger partial charge in [-0.05, 0) is 32.2 Å². The van der Waals surface area contributed by atoms with Crippen LogP contribution < -0.4 is 5.32 Å². The maximum Gasteiger partial charge on any atom is 0.238 e. The number of amides is 1. The summed E-state index contributed by atoms with van der Waals surface area (Å²) in [5.41, 5.74) is 0.863. The molecule has 1 heterocycles. The fourth-order valence-corrected chi connectivity index (χ4v) is 2.88.